The van der Waals surface area contributed by atoms with Crippen LogP contribution in [-0.2, 0) is 6.61 Å². The molecule has 0 saturated heterocycles. The Balaban J connectivity index is 1.75. The van der Waals surface area contributed by atoms with Crippen molar-refractivity contribution in [2.24, 2.45) is 0 Å². The van der Waals surface area contributed by atoms with Gasteiger partial charge in [0.05, 0.1) is 0 Å². The fourth-order valence-electron chi connectivity index (χ4n) is 3.01. The minimum atomic E-state index is -0.215. The second kappa shape index (κ2) is 8.57. The molecule has 0 fully saturated rings. The van der Waals surface area contributed by atoms with Crippen LogP contribution in [0.3, 0.4) is 0 Å². The summed E-state index contributed by atoms with van der Waals surface area (Å²) in [5, 5.41) is 2.86. The standard InChI is InChI=1S/C23H25N3O2/c1-16-8-5-6-9-19(16)15-28-21-10-7-13-24-22(21)25-23(27)18-11-12-20(26(3)4)17(2)14-18/h5-14H,15H2,1-4H3,(H,24,25,27). The number of ether oxygens (including phenoxy) is 1. The molecule has 28 heavy (non-hydrogen) atoms. The van der Waals surface area contributed by atoms with E-state index in [0.717, 1.165) is 22.4 Å². The molecular weight excluding hydrogens is 350 g/mol. The molecule has 1 aromatic heterocycles. The van der Waals surface area contributed by atoms with E-state index in [-0.39, 0.29) is 5.91 Å². The van der Waals surface area contributed by atoms with Crippen molar-refractivity contribution in [1.82, 2.24) is 4.98 Å². The third kappa shape index (κ3) is 4.49. The van der Waals surface area contributed by atoms with E-state index < -0.39 is 0 Å². The molecule has 5 heteroatoms. The van der Waals surface area contributed by atoms with Gasteiger partial charge in [-0.2, -0.15) is 0 Å². The van der Waals surface area contributed by atoms with Gasteiger partial charge in [0, 0.05) is 31.5 Å². The predicted octanol–water partition coefficient (Wildman–Crippen LogP) is 4.60. The maximum Gasteiger partial charge on any atom is 0.256 e. The van der Waals surface area contributed by atoms with Crippen LogP contribution >= 0.6 is 0 Å². The molecule has 0 unspecified atom stereocenters. The molecule has 0 aliphatic heterocycles. The molecule has 0 spiro atoms. The molecule has 1 heterocycles. The Labute approximate surface area is 166 Å². The normalized spacial score (nSPS) is 10.4. The van der Waals surface area contributed by atoms with Gasteiger partial charge in [-0.3, -0.25) is 4.79 Å². The fourth-order valence-corrected chi connectivity index (χ4v) is 3.01. The van der Waals surface area contributed by atoms with E-state index in [9.17, 15) is 4.79 Å². The van der Waals surface area contributed by atoms with Crippen LogP contribution < -0.4 is 15.0 Å². The largest absolute Gasteiger partial charge is 0.485 e. The van der Waals surface area contributed by atoms with Crippen LogP contribution in [-0.4, -0.2) is 25.0 Å². The molecule has 3 rings (SSSR count). The number of aromatic nitrogens is 1. The number of amides is 1. The van der Waals surface area contributed by atoms with Crippen LogP contribution in [0.4, 0.5) is 11.5 Å². The number of hydrogen-bond acceptors (Lipinski definition) is 4. The molecule has 5 nitrogen and oxygen atoms in total. The minimum Gasteiger partial charge on any atom is -0.485 e. The van der Waals surface area contributed by atoms with Crippen molar-refractivity contribution in [3.63, 3.8) is 0 Å². The maximum absolute atomic E-state index is 12.7. The van der Waals surface area contributed by atoms with Gasteiger partial charge in [-0.1, -0.05) is 24.3 Å². The summed E-state index contributed by atoms with van der Waals surface area (Å²) in [7, 11) is 3.96. The van der Waals surface area contributed by atoms with Gasteiger partial charge in [-0.05, 0) is 60.9 Å². The third-order valence-electron chi connectivity index (χ3n) is 4.59. The average Bonchev–Trinajstić information content (AvgIpc) is 2.68. The fraction of sp³-hybridized carbons (Fsp3) is 0.217. The average molecular weight is 375 g/mol. The van der Waals surface area contributed by atoms with E-state index in [1.165, 1.54) is 0 Å². The lowest BCUT2D eigenvalue weighted by Gasteiger charge is -2.16. The van der Waals surface area contributed by atoms with Crippen molar-refractivity contribution in [2.75, 3.05) is 24.3 Å². The first-order chi connectivity index (χ1) is 13.5. The number of pyridine rings is 1. The number of benzene rings is 2. The van der Waals surface area contributed by atoms with Gasteiger partial charge in [0.2, 0.25) is 0 Å². The van der Waals surface area contributed by atoms with E-state index in [4.69, 9.17) is 4.74 Å². The summed E-state index contributed by atoms with van der Waals surface area (Å²) in [6.07, 6.45) is 1.64. The number of aryl methyl sites for hydroxylation is 2. The summed E-state index contributed by atoms with van der Waals surface area (Å²) < 4.78 is 5.93. The Morgan fingerprint density at radius 3 is 2.54 bits per heavy atom. The Hall–Kier alpha value is -3.34. The van der Waals surface area contributed by atoms with Gasteiger partial charge < -0.3 is 15.0 Å². The second-order valence-corrected chi connectivity index (χ2v) is 6.92. The smallest absolute Gasteiger partial charge is 0.256 e. The first-order valence-electron chi connectivity index (χ1n) is 9.17. The number of nitrogens with one attached hydrogen (secondary N) is 1. The number of carbonyl (C=O) groups excluding carboxylic acids is 1. The summed E-state index contributed by atoms with van der Waals surface area (Å²) in [5.41, 5.74) is 4.96. The number of rotatable bonds is 6. The molecule has 144 valence electrons. The molecule has 3 aromatic rings. The lowest BCUT2D eigenvalue weighted by atomic mass is 10.1. The summed E-state index contributed by atoms with van der Waals surface area (Å²) in [4.78, 5) is 19.0. The molecular formula is C23H25N3O2. The van der Waals surface area contributed by atoms with Crippen molar-refractivity contribution < 1.29 is 9.53 Å². The number of carbonyl (C=O) groups is 1. The maximum atomic E-state index is 12.7. The van der Waals surface area contributed by atoms with E-state index in [1.807, 2.05) is 75.3 Å². The van der Waals surface area contributed by atoms with E-state index in [2.05, 4.69) is 10.3 Å². The van der Waals surface area contributed by atoms with Crippen LogP contribution in [0.5, 0.6) is 5.75 Å². The summed E-state index contributed by atoms with van der Waals surface area (Å²) in [6, 6.07) is 17.3. The molecule has 2 aromatic carbocycles. The van der Waals surface area contributed by atoms with Crippen LogP contribution in [0, 0.1) is 13.8 Å². The predicted molar refractivity (Wildman–Crippen MR) is 113 cm³/mol. The summed E-state index contributed by atoms with van der Waals surface area (Å²) >= 11 is 0. The SMILES string of the molecule is Cc1ccccc1COc1cccnc1NC(=O)c1ccc(N(C)C)c(C)c1. The van der Waals surface area contributed by atoms with Crippen molar-refractivity contribution in [1.29, 1.82) is 0 Å². The molecule has 0 bridgehead atoms. The van der Waals surface area contributed by atoms with Gasteiger partial charge in [0.25, 0.3) is 5.91 Å². The minimum absolute atomic E-state index is 0.215. The Morgan fingerprint density at radius 1 is 1.04 bits per heavy atom. The van der Waals surface area contributed by atoms with E-state index in [0.29, 0.717) is 23.7 Å². The Kier molecular flexibility index (Phi) is 5.94. The molecule has 1 amide bonds. The van der Waals surface area contributed by atoms with Crippen LogP contribution in [0.15, 0.2) is 60.8 Å². The lowest BCUT2D eigenvalue weighted by molar-refractivity contribution is 0.102. The highest BCUT2D eigenvalue weighted by atomic mass is 16.5. The summed E-state index contributed by atoms with van der Waals surface area (Å²) in [5.74, 6) is 0.740. The quantitative estimate of drug-likeness (QED) is 0.684. The van der Waals surface area contributed by atoms with Crippen molar-refractivity contribution in [2.45, 2.75) is 20.5 Å². The zero-order valence-corrected chi connectivity index (χ0v) is 16.7. The third-order valence-corrected chi connectivity index (χ3v) is 4.59. The molecule has 0 atom stereocenters. The molecule has 0 radical (unpaired) electrons. The molecule has 0 aliphatic rings. The zero-order chi connectivity index (χ0) is 20.1. The van der Waals surface area contributed by atoms with Crippen molar-refractivity contribution in [3.8, 4) is 5.75 Å². The number of hydrogen-bond donors (Lipinski definition) is 1. The monoisotopic (exact) mass is 375 g/mol. The number of anilines is 2. The highest BCUT2D eigenvalue weighted by Crippen LogP contribution is 2.24. The van der Waals surface area contributed by atoms with Gasteiger partial charge in [-0.25, -0.2) is 4.98 Å². The van der Waals surface area contributed by atoms with Gasteiger partial charge in [0.1, 0.15) is 6.61 Å². The van der Waals surface area contributed by atoms with Gasteiger partial charge in [0.15, 0.2) is 11.6 Å². The van der Waals surface area contributed by atoms with Crippen molar-refractivity contribution >= 4 is 17.4 Å². The number of nitrogens with zero attached hydrogens (tertiary/aromatic N) is 2. The summed E-state index contributed by atoms with van der Waals surface area (Å²) in [6.45, 7) is 4.45. The molecule has 0 saturated carbocycles. The molecule has 1 N–H and O–H groups in total. The van der Waals surface area contributed by atoms with Crippen LogP contribution in [0.1, 0.15) is 27.0 Å². The van der Waals surface area contributed by atoms with Crippen LogP contribution in [0.2, 0.25) is 0 Å². The zero-order valence-electron chi connectivity index (χ0n) is 16.7. The topological polar surface area (TPSA) is 54.5 Å². The van der Waals surface area contributed by atoms with Crippen LogP contribution in [0.25, 0.3) is 0 Å². The lowest BCUT2D eigenvalue weighted by Crippen LogP contribution is -2.15. The van der Waals surface area contributed by atoms with Crippen molar-refractivity contribution in [3.05, 3.63) is 83.0 Å². The Morgan fingerprint density at radius 2 is 1.82 bits per heavy atom. The first kappa shape index (κ1) is 19.4. The Bertz CT molecular complexity index is 983. The van der Waals surface area contributed by atoms with E-state index >= 15 is 0 Å². The van der Waals surface area contributed by atoms with Gasteiger partial charge in [-0.15, -0.1) is 0 Å². The highest BCUT2D eigenvalue weighted by Gasteiger charge is 2.13. The second-order valence-electron chi connectivity index (χ2n) is 6.92. The highest BCUT2D eigenvalue weighted by molar-refractivity contribution is 6.04. The molecule has 0 aliphatic carbocycles. The van der Waals surface area contributed by atoms with Gasteiger partial charge >= 0.3 is 0 Å². The van der Waals surface area contributed by atoms with E-state index in [1.54, 1.807) is 18.3 Å². The first-order valence-corrected chi connectivity index (χ1v) is 9.17.